The molecule has 0 bridgehead atoms. The van der Waals surface area contributed by atoms with Gasteiger partial charge in [0.15, 0.2) is 0 Å². The van der Waals surface area contributed by atoms with E-state index < -0.39 is 5.66 Å². The lowest BCUT2D eigenvalue weighted by atomic mass is 9.88. The molecule has 2 aromatic rings. The van der Waals surface area contributed by atoms with Crippen molar-refractivity contribution in [2.24, 2.45) is 4.99 Å². The number of unbranched alkanes of at least 4 members (excludes halogenated alkanes) is 1. The molecule has 2 aliphatic rings. The fourth-order valence-electron chi connectivity index (χ4n) is 4.77. The van der Waals surface area contributed by atoms with E-state index in [1.165, 1.54) is 5.56 Å². The molecule has 0 aromatic heterocycles. The molecule has 1 N–H and O–H groups in total. The molecule has 1 heterocycles. The minimum atomic E-state index is -0.619. The number of aryl methyl sites for hydroxylation is 1. The number of methoxy groups -OCH3 is 1. The van der Waals surface area contributed by atoms with E-state index in [0.717, 1.165) is 68.4 Å². The molecule has 1 aliphatic heterocycles. The van der Waals surface area contributed by atoms with E-state index in [1.807, 2.05) is 36.4 Å². The third-order valence-corrected chi connectivity index (χ3v) is 6.65. The van der Waals surface area contributed by atoms with Crippen LogP contribution in [-0.4, -0.2) is 41.7 Å². The summed E-state index contributed by atoms with van der Waals surface area (Å²) in [6.45, 7) is 2.18. The van der Waals surface area contributed by atoms with Crippen LogP contribution in [0.25, 0.3) is 0 Å². The van der Waals surface area contributed by atoms with Gasteiger partial charge in [-0.15, -0.1) is 0 Å². The number of nitrogens with one attached hydrogen (secondary N) is 1. The molecule has 2 aromatic carbocycles. The molecule has 1 fully saturated rings. The van der Waals surface area contributed by atoms with Gasteiger partial charge in [-0.25, -0.2) is 0 Å². The van der Waals surface area contributed by atoms with Crippen molar-refractivity contribution in [3.63, 3.8) is 0 Å². The Kier molecular flexibility index (Phi) is 7.11. The SMILES string of the molecule is CCCCc1ccc(NC(=O)CN2C(=O)C(c3ccc(OC)cc3)=NC23CCCCC3)cc1. The van der Waals surface area contributed by atoms with Gasteiger partial charge in [-0.05, 0) is 80.5 Å². The van der Waals surface area contributed by atoms with Crippen LogP contribution in [0, 0.1) is 0 Å². The first-order chi connectivity index (χ1) is 16.0. The highest BCUT2D eigenvalue weighted by Crippen LogP contribution is 2.39. The number of hydrogen-bond donors (Lipinski definition) is 1. The van der Waals surface area contributed by atoms with Crippen molar-refractivity contribution in [1.29, 1.82) is 0 Å². The predicted octanol–water partition coefficient (Wildman–Crippen LogP) is 4.97. The van der Waals surface area contributed by atoms with Crippen molar-refractivity contribution in [2.45, 2.75) is 64.0 Å². The van der Waals surface area contributed by atoms with Crippen LogP contribution in [0.5, 0.6) is 5.75 Å². The normalized spacial score (nSPS) is 17.2. The first-order valence-corrected chi connectivity index (χ1v) is 12.0. The average molecular weight is 448 g/mol. The molecule has 0 saturated heterocycles. The highest BCUT2D eigenvalue weighted by molar-refractivity contribution is 6.47. The summed E-state index contributed by atoms with van der Waals surface area (Å²) < 4.78 is 5.24. The fraction of sp³-hybridized carbons (Fsp3) is 0.444. The van der Waals surface area contributed by atoms with Crippen LogP contribution in [0.4, 0.5) is 5.69 Å². The maximum atomic E-state index is 13.5. The molecule has 1 saturated carbocycles. The van der Waals surface area contributed by atoms with Crippen LogP contribution in [0.2, 0.25) is 0 Å². The molecule has 1 spiro atoms. The number of nitrogens with zero attached hydrogens (tertiary/aromatic N) is 2. The van der Waals surface area contributed by atoms with Gasteiger partial charge in [-0.2, -0.15) is 0 Å². The summed E-state index contributed by atoms with van der Waals surface area (Å²) in [6, 6.07) is 15.4. The number of ether oxygens (including phenoxy) is 1. The van der Waals surface area contributed by atoms with Gasteiger partial charge in [0.2, 0.25) is 5.91 Å². The minimum Gasteiger partial charge on any atom is -0.497 e. The van der Waals surface area contributed by atoms with E-state index in [2.05, 4.69) is 24.4 Å². The second-order valence-electron chi connectivity index (χ2n) is 8.97. The molecule has 6 nitrogen and oxygen atoms in total. The lowest BCUT2D eigenvalue weighted by Gasteiger charge is -2.38. The molecule has 33 heavy (non-hydrogen) atoms. The predicted molar refractivity (Wildman–Crippen MR) is 131 cm³/mol. The van der Waals surface area contributed by atoms with Crippen molar-refractivity contribution in [1.82, 2.24) is 4.90 Å². The fourth-order valence-corrected chi connectivity index (χ4v) is 4.77. The first kappa shape index (κ1) is 23.0. The molecular weight excluding hydrogens is 414 g/mol. The quantitative estimate of drug-likeness (QED) is 0.621. The smallest absolute Gasteiger partial charge is 0.275 e. The standard InChI is InChI=1S/C27H33N3O3/c1-3-4-8-20-9-13-22(14-10-20)28-24(31)19-30-26(32)25(21-11-15-23(33-2)16-12-21)29-27(30)17-6-5-7-18-27/h9-16H,3-8,17-19H2,1-2H3,(H,28,31). The highest BCUT2D eigenvalue weighted by Gasteiger charge is 2.48. The maximum Gasteiger partial charge on any atom is 0.275 e. The number of aliphatic imine (C=N–C) groups is 1. The Morgan fingerprint density at radius 1 is 1.06 bits per heavy atom. The van der Waals surface area contributed by atoms with Gasteiger partial charge in [0.1, 0.15) is 23.7 Å². The Balaban J connectivity index is 1.49. The summed E-state index contributed by atoms with van der Waals surface area (Å²) in [4.78, 5) is 33.0. The number of amides is 2. The summed E-state index contributed by atoms with van der Waals surface area (Å²) in [5.41, 5.74) is 2.60. The largest absolute Gasteiger partial charge is 0.497 e. The van der Waals surface area contributed by atoms with Gasteiger partial charge in [0, 0.05) is 11.3 Å². The summed E-state index contributed by atoms with van der Waals surface area (Å²) in [5, 5.41) is 2.96. The zero-order valence-electron chi connectivity index (χ0n) is 19.6. The molecule has 6 heteroatoms. The van der Waals surface area contributed by atoms with E-state index in [9.17, 15) is 9.59 Å². The van der Waals surface area contributed by atoms with Crippen molar-refractivity contribution < 1.29 is 14.3 Å². The monoisotopic (exact) mass is 447 g/mol. The van der Waals surface area contributed by atoms with Crippen molar-refractivity contribution >= 4 is 23.2 Å². The average Bonchev–Trinajstić information content (AvgIpc) is 3.10. The minimum absolute atomic E-state index is 0.000422. The van der Waals surface area contributed by atoms with Crippen LogP contribution in [0.15, 0.2) is 53.5 Å². The van der Waals surface area contributed by atoms with E-state index in [-0.39, 0.29) is 18.4 Å². The van der Waals surface area contributed by atoms with Gasteiger partial charge in [0.05, 0.1) is 7.11 Å². The highest BCUT2D eigenvalue weighted by atomic mass is 16.5. The molecule has 2 amide bonds. The second-order valence-corrected chi connectivity index (χ2v) is 8.97. The first-order valence-electron chi connectivity index (χ1n) is 12.0. The molecule has 4 rings (SSSR count). The van der Waals surface area contributed by atoms with E-state index in [0.29, 0.717) is 5.71 Å². The number of carbonyl (C=O) groups is 2. The summed E-state index contributed by atoms with van der Waals surface area (Å²) in [5.74, 6) is 0.363. The maximum absolute atomic E-state index is 13.5. The second kappa shape index (κ2) is 10.2. The number of hydrogen-bond acceptors (Lipinski definition) is 4. The lowest BCUT2D eigenvalue weighted by molar-refractivity contribution is -0.134. The number of rotatable bonds is 8. The Morgan fingerprint density at radius 2 is 1.76 bits per heavy atom. The Bertz CT molecular complexity index is 1010. The lowest BCUT2D eigenvalue weighted by Crippen LogP contribution is -2.51. The topological polar surface area (TPSA) is 71.0 Å². The zero-order chi connectivity index (χ0) is 23.3. The number of benzene rings is 2. The number of anilines is 1. The van der Waals surface area contributed by atoms with Gasteiger partial charge in [-0.1, -0.05) is 31.9 Å². The van der Waals surface area contributed by atoms with Crippen LogP contribution in [-0.2, 0) is 16.0 Å². The Hall–Kier alpha value is -3.15. The Labute approximate surface area is 196 Å². The van der Waals surface area contributed by atoms with Crippen LogP contribution in [0.3, 0.4) is 0 Å². The molecular formula is C27H33N3O3. The van der Waals surface area contributed by atoms with Crippen LogP contribution in [0.1, 0.15) is 63.0 Å². The third-order valence-electron chi connectivity index (χ3n) is 6.65. The molecule has 1 aliphatic carbocycles. The van der Waals surface area contributed by atoms with Gasteiger partial charge < -0.3 is 15.0 Å². The van der Waals surface area contributed by atoms with Crippen LogP contribution >= 0.6 is 0 Å². The third kappa shape index (κ3) is 5.10. The van der Waals surface area contributed by atoms with Gasteiger partial charge in [-0.3, -0.25) is 14.6 Å². The van der Waals surface area contributed by atoms with Crippen molar-refractivity contribution in [3.05, 3.63) is 59.7 Å². The molecule has 174 valence electrons. The van der Waals surface area contributed by atoms with Crippen molar-refractivity contribution in [3.8, 4) is 5.75 Å². The van der Waals surface area contributed by atoms with Gasteiger partial charge in [0.25, 0.3) is 5.91 Å². The summed E-state index contributed by atoms with van der Waals surface area (Å²) >= 11 is 0. The molecule has 0 unspecified atom stereocenters. The van der Waals surface area contributed by atoms with E-state index >= 15 is 0 Å². The van der Waals surface area contributed by atoms with E-state index in [1.54, 1.807) is 12.0 Å². The summed E-state index contributed by atoms with van der Waals surface area (Å²) in [7, 11) is 1.61. The van der Waals surface area contributed by atoms with Crippen LogP contribution < -0.4 is 10.1 Å². The molecule has 0 atom stereocenters. The van der Waals surface area contributed by atoms with Crippen molar-refractivity contribution in [2.75, 3.05) is 19.0 Å². The zero-order valence-corrected chi connectivity index (χ0v) is 19.6. The number of carbonyl (C=O) groups excluding carboxylic acids is 2. The van der Waals surface area contributed by atoms with Gasteiger partial charge >= 0.3 is 0 Å². The summed E-state index contributed by atoms with van der Waals surface area (Å²) in [6.07, 6.45) is 8.07. The Morgan fingerprint density at radius 3 is 2.39 bits per heavy atom. The van der Waals surface area contributed by atoms with E-state index in [4.69, 9.17) is 9.73 Å². The molecule has 0 radical (unpaired) electrons.